The third-order valence-corrected chi connectivity index (χ3v) is 2.53. The van der Waals surface area contributed by atoms with Gasteiger partial charge in [-0.1, -0.05) is 5.16 Å². The molecule has 0 radical (unpaired) electrons. The van der Waals surface area contributed by atoms with Crippen molar-refractivity contribution in [3.05, 3.63) is 11.8 Å². The van der Waals surface area contributed by atoms with E-state index in [0.29, 0.717) is 0 Å². The number of rotatable bonds is 2. The molecule has 1 aromatic rings. The summed E-state index contributed by atoms with van der Waals surface area (Å²) in [4.78, 5) is 13.8. The van der Waals surface area contributed by atoms with Gasteiger partial charge < -0.3 is 14.2 Å². The Morgan fingerprint density at radius 1 is 1.41 bits per heavy atom. The summed E-state index contributed by atoms with van der Waals surface area (Å²) >= 11 is 0. The van der Waals surface area contributed by atoms with E-state index >= 15 is 0 Å². The van der Waals surface area contributed by atoms with Gasteiger partial charge in [0, 0.05) is 19.2 Å². The molecule has 0 N–H and O–H groups in total. The topological polar surface area (TPSA) is 55.6 Å². The largest absolute Gasteiger partial charge is 0.454 e. The minimum atomic E-state index is -0.516. The summed E-state index contributed by atoms with van der Waals surface area (Å²) in [7, 11) is 0. The molecule has 0 aromatic carbocycles. The molecule has 0 saturated carbocycles. The number of carbonyl (C=O) groups excluding carboxylic acids is 1. The lowest BCUT2D eigenvalue weighted by atomic mass is 10.2. The van der Waals surface area contributed by atoms with Crippen molar-refractivity contribution >= 4 is 11.8 Å². The van der Waals surface area contributed by atoms with Crippen LogP contribution in [0.4, 0.5) is 5.82 Å². The monoisotopic (exact) mass is 238 g/mol. The average Bonchev–Trinajstić information content (AvgIpc) is 2.86. The lowest BCUT2D eigenvalue weighted by Crippen LogP contribution is -2.23. The standard InChI is InChI=1S/C12H18N2O3/c1-12(2,3)16-11(15)9-8-10(13-17-9)14-6-4-5-7-14/h8H,4-7H2,1-3H3. The second kappa shape index (κ2) is 4.39. The van der Waals surface area contributed by atoms with Crippen molar-refractivity contribution < 1.29 is 14.1 Å². The van der Waals surface area contributed by atoms with Crippen LogP contribution in [0.2, 0.25) is 0 Å². The molecule has 1 saturated heterocycles. The Labute approximate surface area is 101 Å². The van der Waals surface area contributed by atoms with Crippen molar-refractivity contribution in [3.63, 3.8) is 0 Å². The van der Waals surface area contributed by atoms with Gasteiger partial charge in [-0.15, -0.1) is 0 Å². The maximum atomic E-state index is 11.7. The highest BCUT2D eigenvalue weighted by Gasteiger charge is 2.23. The zero-order chi connectivity index (χ0) is 12.5. The van der Waals surface area contributed by atoms with E-state index in [2.05, 4.69) is 10.1 Å². The first-order valence-electron chi connectivity index (χ1n) is 5.91. The van der Waals surface area contributed by atoms with Crippen LogP contribution in [0.15, 0.2) is 10.6 Å². The third kappa shape index (κ3) is 2.99. The molecule has 2 heterocycles. The van der Waals surface area contributed by atoms with Crippen LogP contribution in [0.3, 0.4) is 0 Å². The summed E-state index contributed by atoms with van der Waals surface area (Å²) in [6, 6.07) is 1.65. The predicted octanol–water partition coefficient (Wildman–Crippen LogP) is 2.23. The van der Waals surface area contributed by atoms with Gasteiger partial charge in [0.2, 0.25) is 5.76 Å². The molecule has 0 aliphatic carbocycles. The molecule has 1 fully saturated rings. The summed E-state index contributed by atoms with van der Waals surface area (Å²) in [6.07, 6.45) is 2.32. The van der Waals surface area contributed by atoms with Gasteiger partial charge in [-0.25, -0.2) is 4.79 Å². The van der Waals surface area contributed by atoms with Gasteiger partial charge in [-0.3, -0.25) is 0 Å². The van der Waals surface area contributed by atoms with E-state index in [-0.39, 0.29) is 5.76 Å². The molecule has 0 amide bonds. The van der Waals surface area contributed by atoms with E-state index in [1.165, 1.54) is 0 Å². The van der Waals surface area contributed by atoms with Crippen molar-refractivity contribution in [2.24, 2.45) is 0 Å². The van der Waals surface area contributed by atoms with Gasteiger partial charge in [-0.05, 0) is 33.6 Å². The van der Waals surface area contributed by atoms with E-state index in [9.17, 15) is 4.79 Å². The minimum Gasteiger partial charge on any atom is -0.454 e. The van der Waals surface area contributed by atoms with Crippen LogP contribution < -0.4 is 4.90 Å². The van der Waals surface area contributed by atoms with E-state index in [4.69, 9.17) is 9.26 Å². The Hall–Kier alpha value is -1.52. The quantitative estimate of drug-likeness (QED) is 0.739. The zero-order valence-electron chi connectivity index (χ0n) is 10.5. The number of anilines is 1. The predicted molar refractivity (Wildman–Crippen MR) is 63.1 cm³/mol. The Morgan fingerprint density at radius 2 is 2.06 bits per heavy atom. The maximum absolute atomic E-state index is 11.7. The second-order valence-corrected chi connectivity index (χ2v) is 5.25. The summed E-state index contributed by atoms with van der Waals surface area (Å²) in [5.41, 5.74) is -0.516. The van der Waals surface area contributed by atoms with Gasteiger partial charge in [0.05, 0.1) is 0 Å². The van der Waals surface area contributed by atoms with Crippen LogP contribution >= 0.6 is 0 Å². The Balaban J connectivity index is 2.04. The van der Waals surface area contributed by atoms with E-state index in [1.54, 1.807) is 6.07 Å². The van der Waals surface area contributed by atoms with Crippen LogP contribution in [0.5, 0.6) is 0 Å². The molecular formula is C12H18N2O3. The molecule has 0 atom stereocenters. The molecular weight excluding hydrogens is 220 g/mol. The molecule has 17 heavy (non-hydrogen) atoms. The number of hydrogen-bond donors (Lipinski definition) is 0. The summed E-state index contributed by atoms with van der Waals surface area (Å²) < 4.78 is 10.2. The van der Waals surface area contributed by atoms with E-state index < -0.39 is 11.6 Å². The Morgan fingerprint density at radius 3 is 2.65 bits per heavy atom. The zero-order valence-corrected chi connectivity index (χ0v) is 10.5. The molecule has 2 rings (SSSR count). The van der Waals surface area contributed by atoms with Gasteiger partial charge in [0.25, 0.3) is 0 Å². The Bertz CT molecular complexity index is 400. The normalized spacial score (nSPS) is 16.3. The van der Waals surface area contributed by atoms with E-state index in [1.807, 2.05) is 20.8 Å². The molecule has 1 aromatic heterocycles. The van der Waals surface area contributed by atoms with Crippen molar-refractivity contribution in [1.82, 2.24) is 5.16 Å². The summed E-state index contributed by atoms with van der Waals surface area (Å²) in [5, 5.41) is 3.90. The SMILES string of the molecule is CC(C)(C)OC(=O)c1cc(N2CCCC2)no1. The van der Waals surface area contributed by atoms with Crippen LogP contribution in [0.1, 0.15) is 44.2 Å². The second-order valence-electron chi connectivity index (χ2n) is 5.25. The highest BCUT2D eigenvalue weighted by Crippen LogP contribution is 2.21. The number of aromatic nitrogens is 1. The van der Waals surface area contributed by atoms with Crippen LogP contribution in [0.25, 0.3) is 0 Å². The fraction of sp³-hybridized carbons (Fsp3) is 0.667. The fourth-order valence-corrected chi connectivity index (χ4v) is 1.79. The first-order chi connectivity index (χ1) is 7.96. The van der Waals surface area contributed by atoms with Gasteiger partial charge in [0.15, 0.2) is 5.82 Å². The third-order valence-electron chi connectivity index (χ3n) is 2.53. The van der Waals surface area contributed by atoms with Gasteiger partial charge in [-0.2, -0.15) is 0 Å². The summed E-state index contributed by atoms with van der Waals surface area (Å²) in [6.45, 7) is 7.41. The molecule has 5 heteroatoms. The number of nitrogens with zero attached hydrogens (tertiary/aromatic N) is 2. The Kier molecular flexibility index (Phi) is 3.09. The molecule has 0 spiro atoms. The number of ether oxygens (including phenoxy) is 1. The first-order valence-corrected chi connectivity index (χ1v) is 5.91. The lowest BCUT2D eigenvalue weighted by Gasteiger charge is -2.18. The van der Waals surface area contributed by atoms with Crippen molar-refractivity contribution in [1.29, 1.82) is 0 Å². The van der Waals surface area contributed by atoms with Crippen LogP contribution in [-0.2, 0) is 4.74 Å². The van der Waals surface area contributed by atoms with E-state index in [0.717, 1.165) is 31.7 Å². The molecule has 1 aliphatic heterocycles. The van der Waals surface area contributed by atoms with Gasteiger partial charge in [0.1, 0.15) is 5.60 Å². The van der Waals surface area contributed by atoms with Crippen LogP contribution in [-0.4, -0.2) is 29.8 Å². The smallest absolute Gasteiger partial charge is 0.377 e. The minimum absolute atomic E-state index is 0.168. The highest BCUT2D eigenvalue weighted by molar-refractivity contribution is 5.87. The first kappa shape index (κ1) is 12.0. The number of hydrogen-bond acceptors (Lipinski definition) is 5. The maximum Gasteiger partial charge on any atom is 0.377 e. The molecule has 0 bridgehead atoms. The molecule has 94 valence electrons. The fourth-order valence-electron chi connectivity index (χ4n) is 1.79. The number of carbonyl (C=O) groups is 1. The highest BCUT2D eigenvalue weighted by atomic mass is 16.6. The lowest BCUT2D eigenvalue weighted by molar-refractivity contribution is 0.00277. The molecule has 5 nitrogen and oxygen atoms in total. The number of esters is 1. The average molecular weight is 238 g/mol. The van der Waals surface area contributed by atoms with Crippen molar-refractivity contribution in [2.45, 2.75) is 39.2 Å². The summed E-state index contributed by atoms with van der Waals surface area (Å²) in [5.74, 6) is 0.431. The van der Waals surface area contributed by atoms with Gasteiger partial charge >= 0.3 is 5.97 Å². The van der Waals surface area contributed by atoms with Crippen molar-refractivity contribution in [3.8, 4) is 0 Å². The molecule has 1 aliphatic rings. The van der Waals surface area contributed by atoms with Crippen molar-refractivity contribution in [2.75, 3.05) is 18.0 Å². The van der Waals surface area contributed by atoms with Crippen LogP contribution in [0, 0.1) is 0 Å². The molecule has 0 unspecified atom stereocenters.